The van der Waals surface area contributed by atoms with Crippen molar-refractivity contribution in [3.63, 3.8) is 0 Å². The Kier molecular flexibility index (Phi) is 7.05. The van der Waals surface area contributed by atoms with Gasteiger partial charge in [-0.2, -0.15) is 0 Å². The lowest BCUT2D eigenvalue weighted by molar-refractivity contribution is 0.0697. The molecule has 0 amide bonds. The minimum Gasteiger partial charge on any atom is -0.478 e. The zero-order valence-corrected chi connectivity index (χ0v) is 18.3. The van der Waals surface area contributed by atoms with Crippen LogP contribution in [0.2, 0.25) is 0 Å². The SMILES string of the molecule is C=C(c1ccc(C(=O)O)cc1)c1cc(CC)c(C(C)(C)CCCC)cc1Br. The summed E-state index contributed by atoms with van der Waals surface area (Å²) >= 11 is 3.75. The molecule has 0 unspecified atom stereocenters. The molecule has 144 valence electrons. The third-order valence-electron chi connectivity index (χ3n) is 5.26. The summed E-state index contributed by atoms with van der Waals surface area (Å²) in [6, 6.07) is 11.4. The molecule has 1 N–H and O–H groups in total. The highest BCUT2D eigenvalue weighted by Crippen LogP contribution is 2.38. The van der Waals surface area contributed by atoms with E-state index < -0.39 is 5.97 Å². The van der Waals surface area contributed by atoms with Crippen LogP contribution in [0.3, 0.4) is 0 Å². The number of benzene rings is 2. The summed E-state index contributed by atoms with van der Waals surface area (Å²) in [6.07, 6.45) is 4.56. The number of hydrogen-bond acceptors (Lipinski definition) is 1. The summed E-state index contributed by atoms with van der Waals surface area (Å²) in [5.74, 6) is -0.916. The highest BCUT2D eigenvalue weighted by atomic mass is 79.9. The molecular weight excluding hydrogens is 400 g/mol. The van der Waals surface area contributed by atoms with Gasteiger partial charge < -0.3 is 5.11 Å². The zero-order chi connectivity index (χ0) is 20.2. The van der Waals surface area contributed by atoms with Crippen molar-refractivity contribution < 1.29 is 9.90 Å². The summed E-state index contributed by atoms with van der Waals surface area (Å²) in [7, 11) is 0. The van der Waals surface area contributed by atoms with E-state index in [9.17, 15) is 4.79 Å². The van der Waals surface area contributed by atoms with Crippen molar-refractivity contribution in [3.05, 3.63) is 75.3 Å². The van der Waals surface area contributed by atoms with E-state index in [2.05, 4.69) is 62.3 Å². The van der Waals surface area contributed by atoms with Crippen LogP contribution >= 0.6 is 15.9 Å². The molecule has 2 aromatic rings. The van der Waals surface area contributed by atoms with E-state index in [0.717, 1.165) is 27.6 Å². The standard InChI is InChI=1S/C24H29BrO2/c1-6-8-13-24(4,5)21-15-22(25)20(14-17(21)7-2)16(3)18-9-11-19(12-10-18)23(26)27/h9-12,14-15H,3,6-8,13H2,1-2,4-5H3,(H,26,27). The van der Waals surface area contributed by atoms with Crippen LogP contribution in [0.1, 0.15) is 79.6 Å². The molecule has 0 aliphatic carbocycles. The Morgan fingerprint density at radius 3 is 2.22 bits per heavy atom. The van der Waals surface area contributed by atoms with Gasteiger partial charge in [-0.05, 0) is 70.3 Å². The van der Waals surface area contributed by atoms with Gasteiger partial charge in [0.2, 0.25) is 0 Å². The molecule has 0 saturated carbocycles. The molecule has 2 aromatic carbocycles. The lowest BCUT2D eigenvalue weighted by atomic mass is 9.76. The molecule has 0 spiro atoms. The first-order chi connectivity index (χ1) is 12.7. The molecule has 0 aliphatic heterocycles. The first kappa shape index (κ1) is 21.4. The maximum absolute atomic E-state index is 11.1. The molecule has 3 heteroatoms. The molecule has 2 nitrogen and oxygen atoms in total. The van der Waals surface area contributed by atoms with Gasteiger partial charge in [0.15, 0.2) is 0 Å². The summed E-state index contributed by atoms with van der Waals surface area (Å²) in [4.78, 5) is 11.1. The van der Waals surface area contributed by atoms with E-state index in [4.69, 9.17) is 5.11 Å². The Balaban J connectivity index is 2.43. The van der Waals surface area contributed by atoms with Crippen LogP contribution in [0.5, 0.6) is 0 Å². The highest BCUT2D eigenvalue weighted by Gasteiger charge is 2.24. The molecule has 2 rings (SSSR count). The summed E-state index contributed by atoms with van der Waals surface area (Å²) < 4.78 is 1.03. The molecule has 0 aromatic heterocycles. The number of rotatable bonds is 8. The van der Waals surface area contributed by atoms with Crippen LogP contribution in [-0.4, -0.2) is 11.1 Å². The van der Waals surface area contributed by atoms with E-state index >= 15 is 0 Å². The molecule has 0 radical (unpaired) electrons. The second-order valence-electron chi connectivity index (χ2n) is 7.69. The van der Waals surface area contributed by atoms with Gasteiger partial charge in [-0.15, -0.1) is 0 Å². The first-order valence-electron chi connectivity index (χ1n) is 9.57. The summed E-state index contributed by atoms with van der Waals surface area (Å²) in [5, 5.41) is 9.08. The molecule has 0 atom stereocenters. The fraction of sp³-hybridized carbons (Fsp3) is 0.375. The number of carboxylic acid groups (broad SMARTS) is 1. The smallest absolute Gasteiger partial charge is 0.335 e. The maximum atomic E-state index is 11.1. The minimum atomic E-state index is -0.916. The van der Waals surface area contributed by atoms with Gasteiger partial charge in [0.1, 0.15) is 0 Å². The van der Waals surface area contributed by atoms with E-state index in [1.807, 2.05) is 12.1 Å². The van der Waals surface area contributed by atoms with Crippen LogP contribution in [-0.2, 0) is 11.8 Å². The Bertz CT molecular complexity index is 832. The van der Waals surface area contributed by atoms with Gasteiger partial charge in [0.05, 0.1) is 5.56 Å². The lowest BCUT2D eigenvalue weighted by Crippen LogP contribution is -2.19. The first-order valence-corrected chi connectivity index (χ1v) is 10.4. The fourth-order valence-corrected chi connectivity index (χ4v) is 4.08. The Hall–Kier alpha value is -1.87. The average Bonchev–Trinajstić information content (AvgIpc) is 2.65. The van der Waals surface area contributed by atoms with Gasteiger partial charge in [-0.3, -0.25) is 0 Å². The number of aryl methyl sites for hydroxylation is 1. The largest absolute Gasteiger partial charge is 0.478 e. The van der Waals surface area contributed by atoms with Gasteiger partial charge in [0, 0.05) is 4.47 Å². The van der Waals surface area contributed by atoms with Crippen molar-refractivity contribution in [2.45, 2.75) is 58.8 Å². The monoisotopic (exact) mass is 428 g/mol. The zero-order valence-electron chi connectivity index (χ0n) is 16.7. The topological polar surface area (TPSA) is 37.3 Å². The predicted octanol–water partition coefficient (Wildman–Crippen LogP) is 7.24. The van der Waals surface area contributed by atoms with E-state index in [1.54, 1.807) is 12.1 Å². The van der Waals surface area contributed by atoms with Crippen LogP contribution in [0, 0.1) is 0 Å². The average molecular weight is 429 g/mol. The maximum Gasteiger partial charge on any atom is 0.335 e. The van der Waals surface area contributed by atoms with E-state index in [-0.39, 0.29) is 11.0 Å². The number of carboxylic acids is 1. The Morgan fingerprint density at radius 2 is 1.70 bits per heavy atom. The van der Waals surface area contributed by atoms with Crippen LogP contribution < -0.4 is 0 Å². The highest BCUT2D eigenvalue weighted by molar-refractivity contribution is 9.10. The van der Waals surface area contributed by atoms with Crippen molar-refractivity contribution in [1.29, 1.82) is 0 Å². The van der Waals surface area contributed by atoms with Gasteiger partial charge in [0.25, 0.3) is 0 Å². The second kappa shape index (κ2) is 8.88. The normalized spacial score (nSPS) is 11.4. The number of aromatic carboxylic acids is 1. The number of carbonyl (C=O) groups is 1. The van der Waals surface area contributed by atoms with E-state index in [0.29, 0.717) is 0 Å². The number of unbranched alkanes of at least 4 members (excludes halogenated alkanes) is 1. The third kappa shape index (κ3) is 4.90. The molecule has 0 heterocycles. The van der Waals surface area contributed by atoms with E-state index in [1.165, 1.54) is 30.4 Å². The molecule has 0 aliphatic rings. The van der Waals surface area contributed by atoms with Crippen molar-refractivity contribution in [3.8, 4) is 0 Å². The summed E-state index contributed by atoms with van der Waals surface area (Å²) in [5.41, 5.74) is 6.04. The van der Waals surface area contributed by atoms with Crippen LogP contribution in [0.4, 0.5) is 0 Å². The van der Waals surface area contributed by atoms with Gasteiger partial charge in [-0.25, -0.2) is 4.79 Å². The molecule has 27 heavy (non-hydrogen) atoms. The molecule has 0 bridgehead atoms. The van der Waals surface area contributed by atoms with Gasteiger partial charge in [-0.1, -0.05) is 75.2 Å². The third-order valence-corrected chi connectivity index (χ3v) is 5.92. The fourth-order valence-electron chi connectivity index (χ4n) is 3.49. The number of hydrogen-bond donors (Lipinski definition) is 1. The lowest BCUT2D eigenvalue weighted by Gasteiger charge is -2.29. The van der Waals surface area contributed by atoms with Crippen LogP contribution in [0.15, 0.2) is 47.4 Å². The quantitative estimate of drug-likeness (QED) is 0.480. The predicted molar refractivity (Wildman–Crippen MR) is 118 cm³/mol. The Morgan fingerprint density at radius 1 is 1.11 bits per heavy atom. The second-order valence-corrected chi connectivity index (χ2v) is 8.55. The number of halogens is 1. The minimum absolute atomic E-state index is 0.132. The van der Waals surface area contributed by atoms with Gasteiger partial charge >= 0.3 is 5.97 Å². The Labute approximate surface area is 171 Å². The molecular formula is C24H29BrO2. The molecule has 0 fully saturated rings. The van der Waals surface area contributed by atoms with Crippen molar-refractivity contribution in [2.24, 2.45) is 0 Å². The molecule has 0 saturated heterocycles. The van der Waals surface area contributed by atoms with Crippen molar-refractivity contribution in [1.82, 2.24) is 0 Å². The van der Waals surface area contributed by atoms with Crippen molar-refractivity contribution >= 4 is 27.5 Å². The summed E-state index contributed by atoms with van der Waals surface area (Å²) in [6.45, 7) is 13.3. The van der Waals surface area contributed by atoms with Crippen LogP contribution in [0.25, 0.3) is 5.57 Å². The van der Waals surface area contributed by atoms with Crippen molar-refractivity contribution in [2.75, 3.05) is 0 Å².